The number of carbonyl (C=O) groups excluding carboxylic acids is 2. The number of hydrogen-bond acceptors (Lipinski definition) is 3. The number of rotatable bonds is 4. The third-order valence-corrected chi connectivity index (χ3v) is 5.26. The average Bonchev–Trinajstić information content (AvgIpc) is 3.41. The van der Waals surface area contributed by atoms with Crippen LogP contribution < -0.4 is 0 Å². The molecule has 4 rings (SSSR count). The Morgan fingerprint density at radius 1 is 1.10 bits per heavy atom. The predicted octanol–water partition coefficient (Wildman–Crippen LogP) is 2.00. The summed E-state index contributed by atoms with van der Waals surface area (Å²) in [6, 6.07) is 3.06. The highest BCUT2D eigenvalue weighted by Crippen LogP contribution is 2.27. The largest absolute Gasteiger partial charge is 0.357 e. The molecule has 4 heterocycles. The molecule has 7 nitrogen and oxygen atoms in total. The number of aromatic nitrogens is 3. The van der Waals surface area contributed by atoms with Crippen LogP contribution in [0, 0.1) is 0 Å². The van der Waals surface area contributed by atoms with Crippen LogP contribution in [0.15, 0.2) is 41.7 Å². The first kappa shape index (κ1) is 19.1. The van der Waals surface area contributed by atoms with Gasteiger partial charge in [0.25, 0.3) is 12.3 Å². The lowest BCUT2D eigenvalue weighted by Gasteiger charge is -2.21. The zero-order valence-electron chi connectivity index (χ0n) is 16.2. The normalized spacial score (nSPS) is 16.6. The highest BCUT2D eigenvalue weighted by Gasteiger charge is 2.34. The maximum Gasteiger partial charge on any atom is 0.280 e. The van der Waals surface area contributed by atoms with Crippen molar-refractivity contribution in [2.24, 2.45) is 14.1 Å². The number of alkyl halides is 2. The van der Waals surface area contributed by atoms with Crippen molar-refractivity contribution in [3.05, 3.63) is 58.7 Å². The summed E-state index contributed by atoms with van der Waals surface area (Å²) in [4.78, 5) is 28.4. The van der Waals surface area contributed by atoms with Crippen molar-refractivity contribution < 1.29 is 18.4 Å². The first-order chi connectivity index (χ1) is 13.8. The SMILES string of the molecule is Cn1ccc(/C=C/C(=O)N2CC3=C(C2)CN(C(=O)c2cc(C(F)F)n(C)n2)C3)c1. The van der Waals surface area contributed by atoms with Crippen LogP contribution in [0.1, 0.15) is 28.2 Å². The van der Waals surface area contributed by atoms with E-state index in [1.54, 1.807) is 22.0 Å². The molecule has 0 atom stereocenters. The Morgan fingerprint density at radius 3 is 2.31 bits per heavy atom. The van der Waals surface area contributed by atoms with Crippen molar-refractivity contribution in [2.75, 3.05) is 26.2 Å². The second-order valence-corrected chi connectivity index (χ2v) is 7.39. The van der Waals surface area contributed by atoms with Crippen molar-refractivity contribution in [3.63, 3.8) is 0 Å². The number of nitrogens with zero attached hydrogens (tertiary/aromatic N) is 5. The van der Waals surface area contributed by atoms with Gasteiger partial charge in [-0.05, 0) is 34.9 Å². The minimum absolute atomic E-state index is 0.0164. The predicted molar refractivity (Wildman–Crippen MR) is 102 cm³/mol. The third kappa shape index (κ3) is 3.72. The lowest BCUT2D eigenvalue weighted by Crippen LogP contribution is -2.36. The summed E-state index contributed by atoms with van der Waals surface area (Å²) in [7, 11) is 3.31. The van der Waals surface area contributed by atoms with Crippen molar-refractivity contribution in [3.8, 4) is 0 Å². The fraction of sp³-hybridized carbons (Fsp3) is 0.350. The number of amides is 2. The minimum Gasteiger partial charge on any atom is -0.357 e. The Hall–Kier alpha value is -3.23. The van der Waals surface area contributed by atoms with Crippen LogP contribution in [0.2, 0.25) is 0 Å². The van der Waals surface area contributed by atoms with Gasteiger partial charge < -0.3 is 14.4 Å². The fourth-order valence-electron chi connectivity index (χ4n) is 3.73. The quantitative estimate of drug-likeness (QED) is 0.582. The molecule has 2 aliphatic heterocycles. The highest BCUT2D eigenvalue weighted by molar-refractivity contribution is 5.94. The zero-order chi connectivity index (χ0) is 20.7. The Kier molecular flexibility index (Phi) is 4.81. The zero-order valence-corrected chi connectivity index (χ0v) is 16.2. The average molecular weight is 401 g/mol. The van der Waals surface area contributed by atoms with Crippen LogP contribution in [0.5, 0.6) is 0 Å². The van der Waals surface area contributed by atoms with E-state index in [0.29, 0.717) is 26.2 Å². The number of aryl methyl sites for hydroxylation is 2. The molecule has 0 fully saturated rings. The molecule has 2 aromatic rings. The van der Waals surface area contributed by atoms with Gasteiger partial charge in [0.1, 0.15) is 5.69 Å². The van der Waals surface area contributed by atoms with Gasteiger partial charge in [-0.1, -0.05) is 0 Å². The van der Waals surface area contributed by atoms with Crippen LogP contribution in [-0.2, 0) is 18.9 Å². The van der Waals surface area contributed by atoms with E-state index in [4.69, 9.17) is 0 Å². The van der Waals surface area contributed by atoms with Crippen LogP contribution in [0.25, 0.3) is 6.08 Å². The Balaban J connectivity index is 1.35. The molecule has 0 N–H and O–H groups in total. The summed E-state index contributed by atoms with van der Waals surface area (Å²) in [6.07, 6.45) is 4.49. The molecule has 152 valence electrons. The summed E-state index contributed by atoms with van der Waals surface area (Å²) < 4.78 is 28.8. The number of halogens is 2. The van der Waals surface area contributed by atoms with Gasteiger partial charge in [0.2, 0.25) is 5.91 Å². The van der Waals surface area contributed by atoms with Gasteiger partial charge in [-0.25, -0.2) is 8.78 Å². The summed E-state index contributed by atoms with van der Waals surface area (Å²) >= 11 is 0. The monoisotopic (exact) mass is 401 g/mol. The maximum atomic E-state index is 12.9. The van der Waals surface area contributed by atoms with Crippen molar-refractivity contribution in [1.29, 1.82) is 0 Å². The van der Waals surface area contributed by atoms with Crippen LogP contribution >= 0.6 is 0 Å². The molecule has 29 heavy (non-hydrogen) atoms. The molecule has 0 aromatic carbocycles. The molecule has 2 amide bonds. The van der Waals surface area contributed by atoms with Gasteiger partial charge in [0.05, 0.1) is 0 Å². The molecule has 0 saturated carbocycles. The van der Waals surface area contributed by atoms with Gasteiger partial charge in [-0.3, -0.25) is 14.3 Å². The fourth-order valence-corrected chi connectivity index (χ4v) is 3.73. The van der Waals surface area contributed by atoms with E-state index in [0.717, 1.165) is 27.5 Å². The summed E-state index contributed by atoms with van der Waals surface area (Å²) in [5.41, 5.74) is 2.75. The maximum absolute atomic E-state index is 12.9. The minimum atomic E-state index is -2.68. The molecule has 0 bridgehead atoms. The van der Waals surface area contributed by atoms with E-state index in [1.165, 1.54) is 7.05 Å². The molecule has 0 aliphatic carbocycles. The molecule has 0 radical (unpaired) electrons. The Morgan fingerprint density at radius 2 is 1.76 bits per heavy atom. The standard InChI is InChI=1S/C20H21F2N5O2/c1-24-6-5-13(8-24)3-4-18(28)26-9-14-11-27(12-15(14)10-26)20(29)16-7-17(19(21)22)25(2)23-16/h3-8,19H,9-12H2,1-2H3/b4-3+. The summed E-state index contributed by atoms with van der Waals surface area (Å²) in [5.74, 6) is -0.448. The van der Waals surface area contributed by atoms with E-state index in [-0.39, 0.29) is 23.2 Å². The lowest BCUT2D eigenvalue weighted by atomic mass is 10.2. The van der Waals surface area contributed by atoms with Gasteiger partial charge in [0, 0.05) is 58.7 Å². The smallest absolute Gasteiger partial charge is 0.280 e. The molecular weight excluding hydrogens is 380 g/mol. The molecule has 0 spiro atoms. The second-order valence-electron chi connectivity index (χ2n) is 7.39. The molecule has 0 unspecified atom stereocenters. The van der Waals surface area contributed by atoms with E-state index < -0.39 is 6.43 Å². The van der Waals surface area contributed by atoms with Crippen molar-refractivity contribution in [2.45, 2.75) is 6.43 Å². The summed E-state index contributed by atoms with van der Waals surface area (Å²) in [5, 5.41) is 3.92. The van der Waals surface area contributed by atoms with E-state index in [9.17, 15) is 18.4 Å². The van der Waals surface area contributed by atoms with E-state index >= 15 is 0 Å². The Labute approximate surface area is 166 Å². The first-order valence-corrected chi connectivity index (χ1v) is 9.22. The molecule has 2 aliphatic rings. The summed E-state index contributed by atoms with van der Waals surface area (Å²) in [6.45, 7) is 1.73. The van der Waals surface area contributed by atoms with Gasteiger partial charge in [-0.15, -0.1) is 0 Å². The lowest BCUT2D eigenvalue weighted by molar-refractivity contribution is -0.124. The molecule has 0 saturated heterocycles. The van der Waals surface area contributed by atoms with E-state index in [2.05, 4.69) is 5.10 Å². The topological polar surface area (TPSA) is 63.4 Å². The molecule has 2 aromatic heterocycles. The van der Waals surface area contributed by atoms with Gasteiger partial charge in [-0.2, -0.15) is 5.10 Å². The van der Waals surface area contributed by atoms with Crippen LogP contribution in [-0.4, -0.2) is 62.1 Å². The molecular formula is C20H21F2N5O2. The van der Waals surface area contributed by atoms with Crippen LogP contribution in [0.4, 0.5) is 8.78 Å². The highest BCUT2D eigenvalue weighted by atomic mass is 19.3. The van der Waals surface area contributed by atoms with Crippen molar-refractivity contribution in [1.82, 2.24) is 24.1 Å². The third-order valence-electron chi connectivity index (χ3n) is 5.26. The first-order valence-electron chi connectivity index (χ1n) is 9.22. The molecule has 9 heteroatoms. The second kappa shape index (κ2) is 7.31. The van der Waals surface area contributed by atoms with Gasteiger partial charge in [0.15, 0.2) is 5.69 Å². The Bertz CT molecular complexity index is 1020. The van der Waals surface area contributed by atoms with Crippen LogP contribution in [0.3, 0.4) is 0 Å². The van der Waals surface area contributed by atoms with Gasteiger partial charge >= 0.3 is 0 Å². The number of hydrogen-bond donors (Lipinski definition) is 0. The van der Waals surface area contributed by atoms with E-state index in [1.807, 2.05) is 30.1 Å². The van der Waals surface area contributed by atoms with Crippen molar-refractivity contribution >= 4 is 17.9 Å². The number of carbonyl (C=O) groups is 2.